The van der Waals surface area contributed by atoms with Crippen molar-refractivity contribution in [3.8, 4) is 0 Å². The summed E-state index contributed by atoms with van der Waals surface area (Å²) in [5.41, 5.74) is 7.07. The number of aromatic nitrogens is 1. The quantitative estimate of drug-likeness (QED) is 0.391. The summed E-state index contributed by atoms with van der Waals surface area (Å²) in [7, 11) is 0. The summed E-state index contributed by atoms with van der Waals surface area (Å²) in [5.74, 6) is -0.216. The highest BCUT2D eigenvalue weighted by molar-refractivity contribution is 6.12. The second-order valence-electron chi connectivity index (χ2n) is 8.88. The van der Waals surface area contributed by atoms with Crippen LogP contribution in [0.5, 0.6) is 0 Å². The normalized spacial score (nSPS) is 11.8. The molecule has 2 amide bonds. The predicted molar refractivity (Wildman–Crippen MR) is 137 cm³/mol. The molecule has 4 rings (SSSR count). The lowest BCUT2D eigenvalue weighted by molar-refractivity contribution is 0.0938. The molecule has 3 aromatic carbocycles. The number of amides is 2. The van der Waals surface area contributed by atoms with Gasteiger partial charge in [-0.05, 0) is 75.1 Å². The number of hydrogen-bond acceptors (Lipinski definition) is 3. The molecule has 0 spiro atoms. The summed E-state index contributed by atoms with van der Waals surface area (Å²) < 4.78 is 0. The Bertz CT molecular complexity index is 1330. The molecule has 0 saturated carbocycles. The standard InChI is InChI=1S/C29H29N3O2/c1-18-15-19(2)27(20(3)16-18)29(34)31-21(4)17-22-9-11-23(12-10-22)32-28(33)25-13-14-30-26-8-6-5-7-24(25)26/h5-16,21H,17H2,1-4H3,(H,31,34)(H,32,33). The number of nitrogens with one attached hydrogen (secondary N) is 2. The average molecular weight is 452 g/mol. The van der Waals surface area contributed by atoms with Crippen molar-refractivity contribution in [3.63, 3.8) is 0 Å². The second-order valence-corrected chi connectivity index (χ2v) is 8.88. The zero-order chi connectivity index (χ0) is 24.2. The Labute approximate surface area is 200 Å². The number of anilines is 1. The largest absolute Gasteiger partial charge is 0.349 e. The highest BCUT2D eigenvalue weighted by Crippen LogP contribution is 2.19. The first kappa shape index (κ1) is 23.2. The van der Waals surface area contributed by atoms with E-state index in [-0.39, 0.29) is 17.9 Å². The van der Waals surface area contributed by atoms with E-state index < -0.39 is 0 Å². The monoisotopic (exact) mass is 451 g/mol. The van der Waals surface area contributed by atoms with Gasteiger partial charge < -0.3 is 10.6 Å². The maximum Gasteiger partial charge on any atom is 0.256 e. The van der Waals surface area contributed by atoms with Gasteiger partial charge in [0.1, 0.15) is 0 Å². The van der Waals surface area contributed by atoms with Crippen LogP contribution in [0.15, 0.2) is 72.9 Å². The number of hydrogen-bond donors (Lipinski definition) is 2. The molecule has 0 bridgehead atoms. The van der Waals surface area contributed by atoms with Crippen molar-refractivity contribution in [2.75, 3.05) is 5.32 Å². The van der Waals surface area contributed by atoms with E-state index in [0.29, 0.717) is 12.0 Å². The fraction of sp³-hybridized carbons (Fsp3) is 0.207. The van der Waals surface area contributed by atoms with Crippen LogP contribution in [-0.2, 0) is 6.42 Å². The lowest BCUT2D eigenvalue weighted by atomic mass is 9.98. The molecule has 0 saturated heterocycles. The van der Waals surface area contributed by atoms with Crippen LogP contribution < -0.4 is 10.6 Å². The summed E-state index contributed by atoms with van der Waals surface area (Å²) in [6.45, 7) is 7.99. The highest BCUT2D eigenvalue weighted by atomic mass is 16.2. The Morgan fingerprint density at radius 1 is 0.882 bits per heavy atom. The number of rotatable bonds is 6. The van der Waals surface area contributed by atoms with E-state index in [2.05, 4.69) is 15.6 Å². The van der Waals surface area contributed by atoms with Crippen LogP contribution in [0.25, 0.3) is 10.9 Å². The van der Waals surface area contributed by atoms with Crippen LogP contribution in [0.1, 0.15) is 49.9 Å². The van der Waals surface area contributed by atoms with Crippen molar-refractivity contribution in [2.24, 2.45) is 0 Å². The minimum absolute atomic E-state index is 0.0313. The lowest BCUT2D eigenvalue weighted by Crippen LogP contribution is -2.35. The Morgan fingerprint density at radius 3 is 2.26 bits per heavy atom. The van der Waals surface area contributed by atoms with E-state index >= 15 is 0 Å². The van der Waals surface area contributed by atoms with Gasteiger partial charge in [-0.25, -0.2) is 0 Å². The molecule has 0 aliphatic rings. The third-order valence-corrected chi connectivity index (χ3v) is 5.93. The molecule has 5 heteroatoms. The van der Waals surface area contributed by atoms with Crippen LogP contribution in [0.3, 0.4) is 0 Å². The van der Waals surface area contributed by atoms with Crippen molar-refractivity contribution < 1.29 is 9.59 Å². The molecule has 0 aliphatic heterocycles. The maximum absolute atomic E-state index is 12.8. The summed E-state index contributed by atoms with van der Waals surface area (Å²) in [6, 6.07) is 21.1. The van der Waals surface area contributed by atoms with Gasteiger partial charge in [-0.2, -0.15) is 0 Å². The van der Waals surface area contributed by atoms with Crippen molar-refractivity contribution in [1.82, 2.24) is 10.3 Å². The Balaban J connectivity index is 1.39. The Kier molecular flexibility index (Phi) is 6.73. The van der Waals surface area contributed by atoms with Gasteiger partial charge in [-0.15, -0.1) is 0 Å². The summed E-state index contributed by atoms with van der Waals surface area (Å²) >= 11 is 0. The second kappa shape index (κ2) is 9.87. The van der Waals surface area contributed by atoms with E-state index in [0.717, 1.165) is 44.4 Å². The number of nitrogens with zero attached hydrogens (tertiary/aromatic N) is 1. The van der Waals surface area contributed by atoms with Gasteiger partial charge in [0.2, 0.25) is 0 Å². The number of carbonyl (C=O) groups is 2. The maximum atomic E-state index is 12.8. The van der Waals surface area contributed by atoms with Crippen LogP contribution in [0.4, 0.5) is 5.69 Å². The van der Waals surface area contributed by atoms with Gasteiger partial charge in [-0.3, -0.25) is 14.6 Å². The highest BCUT2D eigenvalue weighted by Gasteiger charge is 2.16. The molecule has 2 N–H and O–H groups in total. The number of carbonyl (C=O) groups excluding carboxylic acids is 2. The van der Waals surface area contributed by atoms with E-state index in [1.54, 1.807) is 12.3 Å². The topological polar surface area (TPSA) is 71.1 Å². The number of aryl methyl sites for hydroxylation is 3. The SMILES string of the molecule is Cc1cc(C)c(C(=O)NC(C)Cc2ccc(NC(=O)c3ccnc4ccccc34)cc2)c(C)c1. The molecule has 1 unspecified atom stereocenters. The third-order valence-electron chi connectivity index (χ3n) is 5.93. The minimum atomic E-state index is -0.171. The van der Waals surface area contributed by atoms with Crippen LogP contribution in [-0.4, -0.2) is 22.8 Å². The van der Waals surface area contributed by atoms with Crippen molar-refractivity contribution >= 4 is 28.4 Å². The number of benzene rings is 3. The molecule has 5 nitrogen and oxygen atoms in total. The van der Waals surface area contributed by atoms with Gasteiger partial charge in [0, 0.05) is 28.9 Å². The molecule has 1 aromatic heterocycles. The molecule has 0 radical (unpaired) electrons. The van der Waals surface area contributed by atoms with E-state index in [1.807, 2.05) is 88.4 Å². The van der Waals surface area contributed by atoms with Crippen molar-refractivity contribution in [3.05, 3.63) is 106 Å². The Morgan fingerprint density at radius 2 is 1.56 bits per heavy atom. The van der Waals surface area contributed by atoms with Crippen molar-refractivity contribution in [2.45, 2.75) is 40.2 Å². The number of fused-ring (bicyclic) bond motifs is 1. The van der Waals surface area contributed by atoms with Crippen molar-refractivity contribution in [1.29, 1.82) is 0 Å². The molecule has 0 fully saturated rings. The van der Waals surface area contributed by atoms with E-state index in [4.69, 9.17) is 0 Å². The fourth-order valence-electron chi connectivity index (χ4n) is 4.46. The average Bonchev–Trinajstić information content (AvgIpc) is 2.79. The first-order valence-corrected chi connectivity index (χ1v) is 11.4. The number of pyridine rings is 1. The molecule has 1 atom stereocenters. The molecular weight excluding hydrogens is 422 g/mol. The Hall–Kier alpha value is -3.99. The van der Waals surface area contributed by atoms with Crippen LogP contribution in [0, 0.1) is 20.8 Å². The minimum Gasteiger partial charge on any atom is -0.349 e. The first-order chi connectivity index (χ1) is 16.3. The lowest BCUT2D eigenvalue weighted by Gasteiger charge is -2.17. The zero-order valence-corrected chi connectivity index (χ0v) is 20.0. The van der Waals surface area contributed by atoms with Gasteiger partial charge in [0.15, 0.2) is 0 Å². The van der Waals surface area contributed by atoms with Gasteiger partial charge in [0.25, 0.3) is 11.8 Å². The fourth-order valence-corrected chi connectivity index (χ4v) is 4.46. The summed E-state index contributed by atoms with van der Waals surface area (Å²) in [6.07, 6.45) is 2.34. The molecule has 172 valence electrons. The number of para-hydroxylation sites is 1. The van der Waals surface area contributed by atoms with Gasteiger partial charge in [0.05, 0.1) is 11.1 Å². The first-order valence-electron chi connectivity index (χ1n) is 11.4. The zero-order valence-electron chi connectivity index (χ0n) is 20.0. The van der Waals surface area contributed by atoms with Gasteiger partial charge >= 0.3 is 0 Å². The molecule has 4 aromatic rings. The molecule has 1 heterocycles. The van der Waals surface area contributed by atoms with E-state index in [1.165, 1.54) is 0 Å². The summed E-state index contributed by atoms with van der Waals surface area (Å²) in [4.78, 5) is 30.0. The smallest absolute Gasteiger partial charge is 0.256 e. The van der Waals surface area contributed by atoms with Gasteiger partial charge in [-0.1, -0.05) is 48.0 Å². The molecular formula is C29H29N3O2. The predicted octanol–water partition coefficient (Wildman–Crippen LogP) is 5.77. The summed E-state index contributed by atoms with van der Waals surface area (Å²) in [5, 5.41) is 6.90. The molecule has 0 aliphatic carbocycles. The van der Waals surface area contributed by atoms with Crippen LogP contribution >= 0.6 is 0 Å². The van der Waals surface area contributed by atoms with E-state index in [9.17, 15) is 9.59 Å². The van der Waals surface area contributed by atoms with Crippen LogP contribution in [0.2, 0.25) is 0 Å². The molecule has 34 heavy (non-hydrogen) atoms. The third kappa shape index (κ3) is 5.15.